The zero-order valence-electron chi connectivity index (χ0n) is 10.4. The molecular weight excluding hydrogens is 239 g/mol. The molecule has 0 N–H and O–H groups in total. The fourth-order valence-corrected chi connectivity index (χ4v) is 4.32. The normalized spacial score (nSPS) is 11.2. The topological polar surface area (TPSA) is 0 Å². The second-order valence-corrected chi connectivity index (χ2v) is 7.75. The number of hydrogen-bond donors (Lipinski definition) is 0. The molecule has 0 saturated carbocycles. The summed E-state index contributed by atoms with van der Waals surface area (Å²) in [6, 6.07) is 20.7. The molecule has 0 aliphatic heterocycles. The largest absolute Gasteiger partial charge is 0.308 e. The van der Waals surface area contributed by atoms with Gasteiger partial charge < -0.3 is 4.11 Å². The second-order valence-electron chi connectivity index (χ2n) is 4.56. The molecule has 0 aliphatic carbocycles. The van der Waals surface area contributed by atoms with Crippen LogP contribution in [-0.4, -0.2) is 8.41 Å². The summed E-state index contributed by atoms with van der Waals surface area (Å²) in [5, 5.41) is 0. The van der Waals surface area contributed by atoms with Crippen LogP contribution >= 0.6 is 0 Å². The summed E-state index contributed by atoms with van der Waals surface area (Å²) in [7, 11) is -2.94. The van der Waals surface area contributed by atoms with E-state index in [1.54, 1.807) is 5.70 Å². The highest BCUT2D eigenvalue weighted by Gasteiger charge is 2.31. The number of benzene rings is 2. The molecule has 18 heavy (non-hydrogen) atoms. The third-order valence-electron chi connectivity index (χ3n) is 3.05. The van der Waals surface area contributed by atoms with Crippen LogP contribution in [0.25, 0.3) is 0 Å². The Labute approximate surface area is 109 Å². The molecule has 0 radical (unpaired) electrons. The summed E-state index contributed by atoms with van der Waals surface area (Å²) in [6.45, 7) is 3.71. The van der Waals surface area contributed by atoms with Crippen molar-refractivity contribution in [3.63, 3.8) is 0 Å². The molecule has 0 bridgehead atoms. The van der Waals surface area contributed by atoms with Gasteiger partial charge >= 0.3 is 0 Å². The summed E-state index contributed by atoms with van der Waals surface area (Å²) in [5.41, 5.74) is 3.68. The van der Waals surface area contributed by atoms with Crippen molar-refractivity contribution >= 4 is 8.41 Å². The minimum absolute atomic E-state index is 0.506. The minimum atomic E-state index is -2.94. The average Bonchev–Trinajstić information content (AvgIpc) is 2.41. The van der Waals surface area contributed by atoms with Crippen LogP contribution in [0.3, 0.4) is 0 Å². The van der Waals surface area contributed by atoms with Crippen LogP contribution in [0.4, 0.5) is 4.11 Å². The lowest BCUT2D eigenvalue weighted by molar-refractivity contribution is 0.774. The van der Waals surface area contributed by atoms with Crippen molar-refractivity contribution in [2.45, 2.75) is 12.1 Å². The van der Waals surface area contributed by atoms with Crippen molar-refractivity contribution in [2.24, 2.45) is 0 Å². The van der Waals surface area contributed by atoms with Gasteiger partial charge in [0.25, 0.3) is 8.41 Å². The van der Waals surface area contributed by atoms with Crippen LogP contribution in [-0.2, 0) is 12.1 Å². The monoisotopic (exact) mass is 256 g/mol. The standard InChI is InChI=1S/C16H17FSi/c1-2-18(17,13-15-9-5-3-6-10-15)14-16-11-7-4-8-12-16/h2-12H,1,13-14H2. The molecule has 0 nitrogen and oxygen atoms in total. The fourth-order valence-electron chi connectivity index (χ4n) is 2.08. The van der Waals surface area contributed by atoms with E-state index in [4.69, 9.17) is 0 Å². The SMILES string of the molecule is C=C[Si](F)(Cc1ccccc1)Cc1ccccc1. The van der Waals surface area contributed by atoms with Crippen LogP contribution in [0.1, 0.15) is 11.1 Å². The predicted molar refractivity (Wildman–Crippen MR) is 77.4 cm³/mol. The fraction of sp³-hybridized carbons (Fsp3) is 0.125. The molecule has 2 rings (SSSR count). The van der Waals surface area contributed by atoms with Gasteiger partial charge in [-0.3, -0.25) is 0 Å². The molecule has 0 fully saturated rings. The quantitative estimate of drug-likeness (QED) is 0.556. The lowest BCUT2D eigenvalue weighted by Crippen LogP contribution is -2.33. The van der Waals surface area contributed by atoms with Crippen molar-refractivity contribution in [3.8, 4) is 0 Å². The first-order valence-corrected chi connectivity index (χ1v) is 8.49. The molecule has 2 aromatic rings. The Morgan fingerprint density at radius 3 is 1.56 bits per heavy atom. The minimum Gasteiger partial charge on any atom is -0.308 e. The lowest BCUT2D eigenvalue weighted by Gasteiger charge is -2.18. The molecule has 0 spiro atoms. The van der Waals surface area contributed by atoms with Gasteiger partial charge in [0.2, 0.25) is 0 Å². The first-order chi connectivity index (χ1) is 8.72. The molecule has 0 saturated heterocycles. The van der Waals surface area contributed by atoms with Gasteiger partial charge in [-0.05, 0) is 23.2 Å². The Morgan fingerprint density at radius 1 is 0.833 bits per heavy atom. The van der Waals surface area contributed by atoms with Gasteiger partial charge in [-0.1, -0.05) is 66.4 Å². The van der Waals surface area contributed by atoms with Gasteiger partial charge in [-0.15, -0.1) is 6.58 Å². The zero-order valence-corrected chi connectivity index (χ0v) is 11.4. The highest BCUT2D eigenvalue weighted by molar-refractivity contribution is 6.77. The van der Waals surface area contributed by atoms with Crippen molar-refractivity contribution in [1.82, 2.24) is 0 Å². The molecule has 2 aromatic carbocycles. The van der Waals surface area contributed by atoms with Gasteiger partial charge in [-0.2, -0.15) is 0 Å². The predicted octanol–water partition coefficient (Wildman–Crippen LogP) is 4.19. The first kappa shape index (κ1) is 12.8. The van der Waals surface area contributed by atoms with Crippen LogP contribution in [0.5, 0.6) is 0 Å². The van der Waals surface area contributed by atoms with E-state index in [1.807, 2.05) is 60.7 Å². The molecule has 0 heterocycles. The maximum Gasteiger partial charge on any atom is 0.278 e. The molecule has 0 amide bonds. The van der Waals surface area contributed by atoms with E-state index in [9.17, 15) is 4.11 Å². The Morgan fingerprint density at radius 2 is 1.22 bits per heavy atom. The van der Waals surface area contributed by atoms with Crippen molar-refractivity contribution in [3.05, 3.63) is 84.1 Å². The Bertz CT molecular complexity index is 452. The van der Waals surface area contributed by atoms with Crippen LogP contribution in [0.2, 0.25) is 0 Å². The summed E-state index contributed by atoms with van der Waals surface area (Å²) >= 11 is 0. The maximum atomic E-state index is 14.9. The van der Waals surface area contributed by atoms with Crippen LogP contribution in [0.15, 0.2) is 72.9 Å². The van der Waals surface area contributed by atoms with E-state index >= 15 is 0 Å². The van der Waals surface area contributed by atoms with Crippen molar-refractivity contribution < 1.29 is 4.11 Å². The van der Waals surface area contributed by atoms with Gasteiger partial charge in [0.15, 0.2) is 0 Å². The Hall–Kier alpha value is -1.67. The van der Waals surface area contributed by atoms with Gasteiger partial charge in [0, 0.05) is 0 Å². The second kappa shape index (κ2) is 5.78. The van der Waals surface area contributed by atoms with E-state index in [0.717, 1.165) is 11.1 Å². The number of rotatable bonds is 5. The molecule has 92 valence electrons. The number of hydrogen-bond acceptors (Lipinski definition) is 0. The molecule has 0 aliphatic rings. The lowest BCUT2D eigenvalue weighted by atomic mass is 10.2. The van der Waals surface area contributed by atoms with Gasteiger partial charge in [-0.25, -0.2) is 0 Å². The smallest absolute Gasteiger partial charge is 0.278 e. The summed E-state index contributed by atoms with van der Waals surface area (Å²) in [4.78, 5) is 0. The van der Waals surface area contributed by atoms with Gasteiger partial charge in [0.05, 0.1) is 0 Å². The molecule has 0 aromatic heterocycles. The molecule has 0 atom stereocenters. The molecular formula is C16H17FSi. The van der Waals surface area contributed by atoms with Gasteiger partial charge in [0.1, 0.15) is 0 Å². The van der Waals surface area contributed by atoms with E-state index in [1.165, 1.54) is 0 Å². The van der Waals surface area contributed by atoms with E-state index in [-0.39, 0.29) is 0 Å². The third-order valence-corrected chi connectivity index (χ3v) is 5.77. The van der Waals surface area contributed by atoms with Crippen molar-refractivity contribution in [2.75, 3.05) is 0 Å². The average molecular weight is 256 g/mol. The highest BCUT2D eigenvalue weighted by atomic mass is 28.4. The Balaban J connectivity index is 2.13. The third kappa shape index (κ3) is 3.41. The maximum absolute atomic E-state index is 14.9. The van der Waals surface area contributed by atoms with Crippen LogP contribution in [0, 0.1) is 0 Å². The van der Waals surface area contributed by atoms with E-state index in [2.05, 4.69) is 6.58 Å². The summed E-state index contributed by atoms with van der Waals surface area (Å²) in [5.74, 6) is 0. The molecule has 0 unspecified atom stereocenters. The number of halogens is 1. The zero-order chi connectivity index (χ0) is 12.8. The van der Waals surface area contributed by atoms with Crippen molar-refractivity contribution in [1.29, 1.82) is 0 Å². The van der Waals surface area contributed by atoms with E-state index < -0.39 is 8.41 Å². The highest BCUT2D eigenvalue weighted by Crippen LogP contribution is 2.19. The van der Waals surface area contributed by atoms with E-state index in [0.29, 0.717) is 12.1 Å². The first-order valence-electron chi connectivity index (χ1n) is 6.12. The Kier molecular flexibility index (Phi) is 4.10. The summed E-state index contributed by atoms with van der Waals surface area (Å²) in [6.07, 6.45) is 0. The van der Waals surface area contributed by atoms with Crippen LogP contribution < -0.4 is 0 Å². The molecule has 2 heteroatoms. The summed E-state index contributed by atoms with van der Waals surface area (Å²) < 4.78 is 14.9.